The summed E-state index contributed by atoms with van der Waals surface area (Å²) in [5.74, 6) is 0.351. The highest BCUT2D eigenvalue weighted by atomic mass is 32.2. The second kappa shape index (κ2) is 6.70. The first kappa shape index (κ1) is 14.9. The first-order chi connectivity index (χ1) is 8.49. The van der Waals surface area contributed by atoms with Crippen molar-refractivity contribution in [3.63, 3.8) is 0 Å². The lowest BCUT2D eigenvalue weighted by Crippen LogP contribution is -2.12. The van der Waals surface area contributed by atoms with Crippen LogP contribution in [0.4, 0.5) is 0 Å². The van der Waals surface area contributed by atoms with Gasteiger partial charge in [-0.15, -0.1) is 11.8 Å². The van der Waals surface area contributed by atoms with Gasteiger partial charge in [0.05, 0.1) is 11.8 Å². The Morgan fingerprint density at radius 2 is 2.17 bits per heavy atom. The first-order valence-corrected chi connectivity index (χ1v) is 6.74. The van der Waals surface area contributed by atoms with Gasteiger partial charge in [-0.25, -0.2) is 14.8 Å². The summed E-state index contributed by atoms with van der Waals surface area (Å²) in [6, 6.07) is 0. The third-order valence-corrected chi connectivity index (χ3v) is 3.70. The summed E-state index contributed by atoms with van der Waals surface area (Å²) >= 11 is 1.39. The number of rotatable bonds is 6. The summed E-state index contributed by atoms with van der Waals surface area (Å²) in [6.45, 7) is 5.58. The van der Waals surface area contributed by atoms with Crippen molar-refractivity contribution in [2.24, 2.45) is 0 Å². The van der Waals surface area contributed by atoms with Gasteiger partial charge in [-0.2, -0.15) is 0 Å². The molecule has 5 nitrogen and oxygen atoms in total. The van der Waals surface area contributed by atoms with E-state index in [0.29, 0.717) is 28.7 Å². The lowest BCUT2D eigenvalue weighted by molar-refractivity contribution is 0.0690. The topological polar surface area (TPSA) is 72.3 Å². The molecule has 0 saturated carbocycles. The number of thioether (sulfide) groups is 1. The lowest BCUT2D eigenvalue weighted by atomic mass is 10.2. The average Bonchev–Trinajstić information content (AvgIpc) is 2.34. The Kier molecular flexibility index (Phi) is 5.55. The van der Waals surface area contributed by atoms with Crippen LogP contribution in [0.3, 0.4) is 0 Å². The summed E-state index contributed by atoms with van der Waals surface area (Å²) in [5, 5.41) is 9.73. The molecule has 1 unspecified atom stereocenters. The van der Waals surface area contributed by atoms with Crippen LogP contribution in [-0.4, -0.2) is 40.0 Å². The molecule has 1 aromatic heterocycles. The van der Waals surface area contributed by atoms with E-state index in [4.69, 9.17) is 4.74 Å². The number of methoxy groups -OCH3 is 1. The Labute approximate surface area is 111 Å². The van der Waals surface area contributed by atoms with Crippen LogP contribution in [0.15, 0.2) is 5.03 Å². The molecule has 0 saturated heterocycles. The van der Waals surface area contributed by atoms with Crippen LogP contribution in [0.1, 0.15) is 35.7 Å². The third-order valence-electron chi connectivity index (χ3n) is 2.49. The summed E-state index contributed by atoms with van der Waals surface area (Å²) in [5.41, 5.74) is 0.711. The van der Waals surface area contributed by atoms with Crippen molar-refractivity contribution >= 4 is 17.7 Å². The second-order valence-corrected chi connectivity index (χ2v) is 4.93. The molecule has 100 valence electrons. The van der Waals surface area contributed by atoms with Gasteiger partial charge in [-0.3, -0.25) is 0 Å². The Morgan fingerprint density at radius 3 is 2.67 bits per heavy atom. The zero-order valence-corrected chi connectivity index (χ0v) is 11.9. The maximum Gasteiger partial charge on any atom is 0.340 e. The van der Waals surface area contributed by atoms with E-state index < -0.39 is 5.97 Å². The molecule has 0 spiro atoms. The van der Waals surface area contributed by atoms with Gasteiger partial charge in [0, 0.05) is 19.3 Å². The molecule has 0 aromatic carbocycles. The van der Waals surface area contributed by atoms with Crippen molar-refractivity contribution in [1.29, 1.82) is 0 Å². The molecule has 0 aliphatic rings. The molecular formula is C12H18N2O3S. The SMILES string of the molecule is CCc1nc(C)c(C(=O)O)c(SCC(C)OC)n1. The number of carbonyl (C=O) groups is 1. The van der Waals surface area contributed by atoms with Crippen LogP contribution < -0.4 is 0 Å². The van der Waals surface area contributed by atoms with Crippen molar-refractivity contribution in [2.75, 3.05) is 12.9 Å². The van der Waals surface area contributed by atoms with Crippen LogP contribution in [0.25, 0.3) is 0 Å². The molecule has 1 heterocycles. The van der Waals surface area contributed by atoms with Crippen molar-refractivity contribution in [2.45, 2.75) is 38.3 Å². The highest BCUT2D eigenvalue weighted by Gasteiger charge is 2.18. The van der Waals surface area contributed by atoms with Gasteiger partial charge in [0.2, 0.25) is 0 Å². The van der Waals surface area contributed by atoms with E-state index in [-0.39, 0.29) is 11.7 Å². The van der Waals surface area contributed by atoms with Crippen molar-refractivity contribution in [3.05, 3.63) is 17.1 Å². The monoisotopic (exact) mass is 270 g/mol. The summed E-state index contributed by atoms with van der Waals surface area (Å²) < 4.78 is 5.15. The van der Waals surface area contributed by atoms with E-state index >= 15 is 0 Å². The highest BCUT2D eigenvalue weighted by Crippen LogP contribution is 2.24. The van der Waals surface area contributed by atoms with Crippen LogP contribution in [0.2, 0.25) is 0 Å². The number of ether oxygens (including phenoxy) is 1. The van der Waals surface area contributed by atoms with Crippen molar-refractivity contribution in [1.82, 2.24) is 9.97 Å². The highest BCUT2D eigenvalue weighted by molar-refractivity contribution is 7.99. The molecule has 0 bridgehead atoms. The predicted molar refractivity (Wildman–Crippen MR) is 70.3 cm³/mol. The number of carboxylic acids is 1. The molecule has 1 rings (SSSR count). The first-order valence-electron chi connectivity index (χ1n) is 5.76. The van der Waals surface area contributed by atoms with Crippen LogP contribution >= 0.6 is 11.8 Å². The summed E-state index contributed by atoms with van der Waals surface area (Å²) in [4.78, 5) is 19.7. The van der Waals surface area contributed by atoms with Gasteiger partial charge in [0.25, 0.3) is 0 Å². The van der Waals surface area contributed by atoms with Gasteiger partial charge in [-0.05, 0) is 13.8 Å². The number of aromatic carboxylic acids is 1. The normalized spacial score (nSPS) is 12.4. The lowest BCUT2D eigenvalue weighted by Gasteiger charge is -2.12. The van der Waals surface area contributed by atoms with E-state index in [9.17, 15) is 9.90 Å². The number of hydrogen-bond acceptors (Lipinski definition) is 5. The molecule has 6 heteroatoms. The number of carboxylic acid groups (broad SMARTS) is 1. The van der Waals surface area contributed by atoms with E-state index in [1.807, 2.05) is 13.8 Å². The minimum atomic E-state index is -0.984. The zero-order chi connectivity index (χ0) is 13.7. The van der Waals surface area contributed by atoms with E-state index in [1.165, 1.54) is 11.8 Å². The van der Waals surface area contributed by atoms with E-state index in [1.54, 1.807) is 14.0 Å². The Balaban J connectivity index is 3.05. The van der Waals surface area contributed by atoms with Gasteiger partial charge in [0.1, 0.15) is 16.4 Å². The maximum atomic E-state index is 11.2. The minimum absolute atomic E-state index is 0.0528. The molecular weight excluding hydrogens is 252 g/mol. The zero-order valence-electron chi connectivity index (χ0n) is 11.1. The van der Waals surface area contributed by atoms with Crippen molar-refractivity contribution in [3.8, 4) is 0 Å². The molecule has 0 aliphatic heterocycles. The maximum absolute atomic E-state index is 11.2. The largest absolute Gasteiger partial charge is 0.478 e. The van der Waals surface area contributed by atoms with E-state index in [2.05, 4.69) is 9.97 Å². The molecule has 18 heavy (non-hydrogen) atoms. The standard InChI is InChI=1S/C12H18N2O3S/c1-5-9-13-8(3)10(12(15)16)11(14-9)18-6-7(2)17-4/h7H,5-6H2,1-4H3,(H,15,16). The van der Waals surface area contributed by atoms with Crippen molar-refractivity contribution < 1.29 is 14.6 Å². The molecule has 0 aliphatic carbocycles. The Hall–Kier alpha value is -1.14. The number of nitrogens with zero attached hydrogens (tertiary/aromatic N) is 2. The van der Waals surface area contributed by atoms with Gasteiger partial charge >= 0.3 is 5.97 Å². The van der Waals surface area contributed by atoms with Crippen LogP contribution in [0, 0.1) is 6.92 Å². The summed E-state index contributed by atoms with van der Waals surface area (Å²) in [7, 11) is 1.63. The molecule has 1 aromatic rings. The minimum Gasteiger partial charge on any atom is -0.478 e. The summed E-state index contributed by atoms with van der Waals surface area (Å²) in [6.07, 6.45) is 0.741. The fourth-order valence-corrected chi connectivity index (χ4v) is 2.45. The Bertz CT molecular complexity index is 438. The third kappa shape index (κ3) is 3.68. The fraction of sp³-hybridized carbons (Fsp3) is 0.583. The molecule has 0 fully saturated rings. The fourth-order valence-electron chi connectivity index (χ4n) is 1.38. The van der Waals surface area contributed by atoms with Gasteiger partial charge < -0.3 is 9.84 Å². The molecule has 1 atom stereocenters. The average molecular weight is 270 g/mol. The molecule has 0 amide bonds. The number of aryl methyl sites for hydroxylation is 2. The van der Waals surface area contributed by atoms with Gasteiger partial charge in [0.15, 0.2) is 0 Å². The predicted octanol–water partition coefficient (Wildman–Crippen LogP) is 2.17. The smallest absolute Gasteiger partial charge is 0.340 e. The number of aromatic nitrogens is 2. The van der Waals surface area contributed by atoms with Crippen LogP contribution in [-0.2, 0) is 11.2 Å². The Morgan fingerprint density at radius 1 is 1.50 bits per heavy atom. The molecule has 0 radical (unpaired) electrons. The quantitative estimate of drug-likeness (QED) is 0.631. The molecule has 1 N–H and O–H groups in total. The van der Waals surface area contributed by atoms with Gasteiger partial charge in [-0.1, -0.05) is 6.92 Å². The second-order valence-electron chi connectivity index (χ2n) is 3.92. The van der Waals surface area contributed by atoms with Crippen LogP contribution in [0.5, 0.6) is 0 Å². The van der Waals surface area contributed by atoms with E-state index in [0.717, 1.165) is 0 Å². The number of hydrogen-bond donors (Lipinski definition) is 1.